The smallest absolute Gasteiger partial charge is 0.118 e. The van der Waals surface area contributed by atoms with Crippen molar-refractivity contribution in [2.45, 2.75) is 52.2 Å². The number of benzene rings is 1. The van der Waals surface area contributed by atoms with Gasteiger partial charge in [-0.25, -0.2) is 0 Å². The molecule has 0 aromatic heterocycles. The lowest BCUT2D eigenvalue weighted by molar-refractivity contribution is 0.0314. The average Bonchev–Trinajstić information content (AvgIpc) is 2.44. The van der Waals surface area contributed by atoms with Gasteiger partial charge in [0.05, 0.1) is 7.11 Å². The first-order valence-electron chi connectivity index (χ1n) is 8.09. The molecule has 1 aliphatic rings. The minimum atomic E-state index is 0.110. The van der Waals surface area contributed by atoms with Crippen molar-refractivity contribution in [3.05, 3.63) is 29.8 Å². The first-order valence-corrected chi connectivity index (χ1v) is 8.09. The molecular weight excluding hydrogens is 260 g/mol. The Bertz CT molecular complexity index is 443. The van der Waals surface area contributed by atoms with Gasteiger partial charge in [0.2, 0.25) is 0 Å². The van der Waals surface area contributed by atoms with Crippen LogP contribution < -0.4 is 10.5 Å². The molecule has 5 unspecified atom stereocenters. The lowest BCUT2D eigenvalue weighted by Crippen LogP contribution is -2.51. The Labute approximate surface area is 129 Å². The van der Waals surface area contributed by atoms with E-state index in [0.717, 1.165) is 18.2 Å². The summed E-state index contributed by atoms with van der Waals surface area (Å²) in [5.74, 6) is 2.35. The van der Waals surface area contributed by atoms with Crippen LogP contribution in [0.15, 0.2) is 24.3 Å². The van der Waals surface area contributed by atoms with Crippen molar-refractivity contribution in [2.75, 3.05) is 13.7 Å². The van der Waals surface area contributed by atoms with Crippen LogP contribution >= 0.6 is 0 Å². The van der Waals surface area contributed by atoms with Crippen LogP contribution in [0.1, 0.15) is 45.7 Å². The van der Waals surface area contributed by atoms with Crippen LogP contribution in [0, 0.1) is 11.8 Å². The fourth-order valence-electron chi connectivity index (χ4n) is 3.72. The van der Waals surface area contributed by atoms with Gasteiger partial charge in [0, 0.05) is 24.7 Å². The van der Waals surface area contributed by atoms with Gasteiger partial charge in [0.25, 0.3) is 0 Å². The van der Waals surface area contributed by atoms with Crippen LogP contribution in [0.2, 0.25) is 0 Å². The Morgan fingerprint density at radius 1 is 1.19 bits per heavy atom. The molecule has 1 fully saturated rings. The Hall–Kier alpha value is -1.06. The fourth-order valence-corrected chi connectivity index (χ4v) is 3.72. The van der Waals surface area contributed by atoms with E-state index in [0.29, 0.717) is 12.0 Å². The predicted molar refractivity (Wildman–Crippen MR) is 88.5 cm³/mol. The van der Waals surface area contributed by atoms with Crippen LogP contribution in [-0.2, 0) is 0 Å². The quantitative estimate of drug-likeness (QED) is 0.923. The van der Waals surface area contributed by atoms with E-state index < -0.39 is 0 Å². The molecule has 1 aromatic carbocycles. The number of rotatable bonds is 4. The zero-order valence-corrected chi connectivity index (χ0v) is 14.0. The number of hydrogen-bond acceptors (Lipinski definition) is 3. The van der Waals surface area contributed by atoms with Crippen molar-refractivity contribution in [3.8, 4) is 5.75 Å². The third kappa shape index (κ3) is 3.58. The summed E-state index contributed by atoms with van der Waals surface area (Å²) < 4.78 is 5.27. The highest BCUT2D eigenvalue weighted by Gasteiger charge is 2.35. The van der Waals surface area contributed by atoms with E-state index in [1.807, 2.05) is 12.1 Å². The van der Waals surface area contributed by atoms with Gasteiger partial charge in [-0.1, -0.05) is 26.0 Å². The van der Waals surface area contributed by atoms with E-state index in [2.05, 4.69) is 44.7 Å². The van der Waals surface area contributed by atoms with Crippen molar-refractivity contribution < 1.29 is 4.74 Å². The highest BCUT2D eigenvalue weighted by molar-refractivity contribution is 5.30. The lowest BCUT2D eigenvalue weighted by Gasteiger charge is -2.46. The van der Waals surface area contributed by atoms with Gasteiger partial charge in [-0.05, 0) is 49.8 Å². The highest BCUT2D eigenvalue weighted by atomic mass is 16.5. The minimum absolute atomic E-state index is 0.110. The molecule has 0 spiro atoms. The van der Waals surface area contributed by atoms with Crippen LogP contribution in [0.25, 0.3) is 0 Å². The zero-order chi connectivity index (χ0) is 15.6. The van der Waals surface area contributed by atoms with E-state index >= 15 is 0 Å². The summed E-state index contributed by atoms with van der Waals surface area (Å²) >= 11 is 0. The molecular formula is C18H30N2O. The second kappa shape index (κ2) is 6.80. The number of hydrogen-bond donors (Lipinski definition) is 1. The third-order valence-corrected chi connectivity index (χ3v) is 4.96. The maximum atomic E-state index is 6.35. The summed E-state index contributed by atoms with van der Waals surface area (Å²) in [6.45, 7) is 10.3. The molecule has 0 amide bonds. The summed E-state index contributed by atoms with van der Waals surface area (Å²) in [7, 11) is 1.70. The van der Waals surface area contributed by atoms with Crippen LogP contribution in [0.4, 0.5) is 0 Å². The molecule has 118 valence electrons. The molecule has 1 heterocycles. The molecule has 0 aliphatic carbocycles. The molecule has 2 N–H and O–H groups in total. The number of piperidine rings is 1. The van der Waals surface area contributed by atoms with Gasteiger partial charge in [0.15, 0.2) is 0 Å². The summed E-state index contributed by atoms with van der Waals surface area (Å²) in [6.07, 6.45) is 1.31. The normalized spacial score (nSPS) is 29.9. The van der Waals surface area contributed by atoms with Gasteiger partial charge in [-0.3, -0.25) is 4.90 Å². The number of methoxy groups -OCH3 is 1. The van der Waals surface area contributed by atoms with E-state index in [1.165, 1.54) is 12.0 Å². The third-order valence-electron chi connectivity index (χ3n) is 4.96. The Kier molecular flexibility index (Phi) is 5.28. The molecule has 1 saturated heterocycles. The van der Waals surface area contributed by atoms with Crippen molar-refractivity contribution in [3.63, 3.8) is 0 Å². The predicted octanol–water partition coefficient (Wildman–Crippen LogP) is 3.45. The maximum Gasteiger partial charge on any atom is 0.118 e. The molecule has 1 aromatic rings. The van der Waals surface area contributed by atoms with Crippen molar-refractivity contribution in [1.29, 1.82) is 0 Å². The topological polar surface area (TPSA) is 38.5 Å². The summed E-state index contributed by atoms with van der Waals surface area (Å²) in [5.41, 5.74) is 7.64. The van der Waals surface area contributed by atoms with Gasteiger partial charge >= 0.3 is 0 Å². The monoisotopic (exact) mass is 290 g/mol. The van der Waals surface area contributed by atoms with Gasteiger partial charge in [-0.15, -0.1) is 0 Å². The Morgan fingerprint density at radius 3 is 2.33 bits per heavy atom. The Balaban J connectivity index is 2.28. The van der Waals surface area contributed by atoms with Crippen molar-refractivity contribution in [2.24, 2.45) is 17.6 Å². The van der Waals surface area contributed by atoms with Gasteiger partial charge in [-0.2, -0.15) is 0 Å². The van der Waals surface area contributed by atoms with E-state index in [9.17, 15) is 0 Å². The molecule has 3 heteroatoms. The molecule has 2 rings (SSSR count). The highest BCUT2D eigenvalue weighted by Crippen LogP contribution is 2.35. The second-order valence-corrected chi connectivity index (χ2v) is 6.83. The number of likely N-dealkylation sites (tertiary alicyclic amines) is 1. The minimum Gasteiger partial charge on any atom is -0.497 e. The number of ether oxygens (including phenoxy) is 1. The SMILES string of the molecule is COc1ccc(C(C(C)N)N2CC(C)CC(C)C2C)cc1. The molecule has 0 radical (unpaired) electrons. The summed E-state index contributed by atoms with van der Waals surface area (Å²) in [6, 6.07) is 9.33. The van der Waals surface area contributed by atoms with Crippen LogP contribution in [0.3, 0.4) is 0 Å². The van der Waals surface area contributed by atoms with E-state index in [4.69, 9.17) is 10.5 Å². The van der Waals surface area contributed by atoms with Crippen LogP contribution in [0.5, 0.6) is 5.75 Å². The maximum absolute atomic E-state index is 6.35. The summed E-state index contributed by atoms with van der Waals surface area (Å²) in [4.78, 5) is 2.60. The van der Waals surface area contributed by atoms with E-state index in [1.54, 1.807) is 7.11 Å². The number of nitrogens with zero attached hydrogens (tertiary/aromatic N) is 1. The zero-order valence-electron chi connectivity index (χ0n) is 14.0. The molecule has 0 saturated carbocycles. The largest absolute Gasteiger partial charge is 0.497 e. The fraction of sp³-hybridized carbons (Fsp3) is 0.667. The summed E-state index contributed by atoms with van der Waals surface area (Å²) in [5, 5.41) is 0. The van der Waals surface area contributed by atoms with E-state index in [-0.39, 0.29) is 12.1 Å². The second-order valence-electron chi connectivity index (χ2n) is 6.83. The number of nitrogens with two attached hydrogens (primary N) is 1. The standard InChI is InChI=1S/C18H30N2O/c1-12-10-13(2)15(4)20(11-12)18(14(3)19)16-6-8-17(21-5)9-7-16/h6-9,12-15,18H,10-11,19H2,1-5H3. The van der Waals surface area contributed by atoms with Gasteiger partial charge < -0.3 is 10.5 Å². The molecule has 0 bridgehead atoms. The lowest BCUT2D eigenvalue weighted by atomic mass is 9.83. The first-order chi connectivity index (χ1) is 9.93. The Morgan fingerprint density at radius 2 is 1.81 bits per heavy atom. The molecule has 21 heavy (non-hydrogen) atoms. The molecule has 3 nitrogen and oxygen atoms in total. The average molecular weight is 290 g/mol. The van der Waals surface area contributed by atoms with Crippen LogP contribution in [-0.4, -0.2) is 30.6 Å². The van der Waals surface area contributed by atoms with Crippen molar-refractivity contribution >= 4 is 0 Å². The molecule has 5 atom stereocenters. The van der Waals surface area contributed by atoms with Crippen molar-refractivity contribution in [1.82, 2.24) is 4.90 Å². The van der Waals surface area contributed by atoms with Gasteiger partial charge in [0.1, 0.15) is 5.75 Å². The first kappa shape index (κ1) is 16.3. The molecule has 1 aliphatic heterocycles.